The lowest BCUT2D eigenvalue weighted by molar-refractivity contribution is -0.141. The topological polar surface area (TPSA) is 54.4 Å². The molecule has 0 radical (unpaired) electrons. The van der Waals surface area contributed by atoms with Crippen molar-refractivity contribution in [2.75, 3.05) is 0 Å². The Morgan fingerprint density at radius 2 is 1.59 bits per heavy atom. The van der Waals surface area contributed by atoms with Gasteiger partial charge >= 0.3 is 5.97 Å². The van der Waals surface area contributed by atoms with Crippen molar-refractivity contribution in [3.63, 3.8) is 0 Å². The van der Waals surface area contributed by atoms with E-state index in [0.717, 1.165) is 25.7 Å². The van der Waals surface area contributed by atoms with Crippen LogP contribution in [0.3, 0.4) is 0 Å². The number of aliphatic carboxylic acids is 1. The second-order valence-electron chi connectivity index (χ2n) is 6.26. The molecule has 0 fully saturated rings. The molecule has 3 heteroatoms. The van der Waals surface area contributed by atoms with Gasteiger partial charge in [0.1, 0.15) is 0 Å². The predicted octanol–water partition coefficient (Wildman–Crippen LogP) is 5.53. The fourth-order valence-corrected chi connectivity index (χ4v) is 2.39. The Hall–Kier alpha value is -1.12. The summed E-state index contributed by atoms with van der Waals surface area (Å²) in [5.74, 6) is -0.793. The summed E-state index contributed by atoms with van der Waals surface area (Å²) in [7, 11) is 0. The predicted molar refractivity (Wildman–Crippen MR) is 92.0 cm³/mol. The van der Waals surface area contributed by atoms with Crippen LogP contribution in [0.1, 0.15) is 90.9 Å². The molecule has 0 aromatic heterocycles. The quantitative estimate of drug-likeness (QED) is 0.319. The summed E-state index contributed by atoms with van der Waals surface area (Å²) in [4.78, 5) is 22.3. The van der Waals surface area contributed by atoms with Gasteiger partial charge in [0.25, 0.3) is 0 Å². The summed E-state index contributed by atoms with van der Waals surface area (Å²) in [5.41, 5.74) is 0. The maximum Gasteiger partial charge on any atom is 0.306 e. The first-order valence-corrected chi connectivity index (χ1v) is 9.00. The molecular weight excluding hydrogens is 276 g/mol. The molecule has 0 aromatic rings. The van der Waals surface area contributed by atoms with E-state index in [1.54, 1.807) is 13.0 Å². The molecule has 0 spiro atoms. The maximum atomic E-state index is 11.6. The molecular formula is C19H34O3. The van der Waals surface area contributed by atoms with Gasteiger partial charge in [-0.15, -0.1) is 0 Å². The lowest BCUT2D eigenvalue weighted by Crippen LogP contribution is -2.08. The highest BCUT2D eigenvalue weighted by Crippen LogP contribution is 2.11. The van der Waals surface area contributed by atoms with Crippen molar-refractivity contribution >= 4 is 11.8 Å². The van der Waals surface area contributed by atoms with Gasteiger partial charge in [0.2, 0.25) is 0 Å². The summed E-state index contributed by atoms with van der Waals surface area (Å²) in [6, 6.07) is 0. The average Bonchev–Trinajstić information content (AvgIpc) is 2.49. The van der Waals surface area contributed by atoms with Crippen molar-refractivity contribution < 1.29 is 14.7 Å². The van der Waals surface area contributed by atoms with Crippen molar-refractivity contribution in [3.05, 3.63) is 12.2 Å². The first kappa shape index (κ1) is 20.9. The van der Waals surface area contributed by atoms with E-state index >= 15 is 0 Å². The van der Waals surface area contributed by atoms with Crippen molar-refractivity contribution in [1.82, 2.24) is 0 Å². The van der Waals surface area contributed by atoms with Crippen LogP contribution in [0, 0.1) is 5.92 Å². The summed E-state index contributed by atoms with van der Waals surface area (Å²) in [6.07, 6.45) is 16.4. The first-order valence-electron chi connectivity index (χ1n) is 9.00. The van der Waals surface area contributed by atoms with Crippen molar-refractivity contribution in [3.8, 4) is 0 Å². The van der Waals surface area contributed by atoms with E-state index in [0.29, 0.717) is 12.8 Å². The van der Waals surface area contributed by atoms with Crippen LogP contribution in [0.5, 0.6) is 0 Å². The van der Waals surface area contributed by atoms with Crippen LogP contribution >= 0.6 is 0 Å². The van der Waals surface area contributed by atoms with E-state index in [2.05, 4.69) is 6.92 Å². The molecule has 128 valence electrons. The highest BCUT2D eigenvalue weighted by molar-refractivity contribution is 5.89. The van der Waals surface area contributed by atoms with E-state index in [1.165, 1.54) is 38.5 Å². The molecule has 0 heterocycles. The molecule has 1 N–H and O–H groups in total. The van der Waals surface area contributed by atoms with E-state index < -0.39 is 5.97 Å². The Kier molecular flexibility index (Phi) is 14.0. The second-order valence-corrected chi connectivity index (χ2v) is 6.26. The molecule has 1 atom stereocenters. The second kappa shape index (κ2) is 14.8. The van der Waals surface area contributed by atoms with Crippen LogP contribution < -0.4 is 0 Å². The molecule has 0 aliphatic heterocycles. The minimum Gasteiger partial charge on any atom is -0.481 e. The normalized spacial score (nSPS) is 12.6. The van der Waals surface area contributed by atoms with Crippen molar-refractivity contribution in [2.24, 2.45) is 5.92 Å². The maximum absolute atomic E-state index is 11.6. The van der Waals surface area contributed by atoms with Crippen molar-refractivity contribution in [2.45, 2.75) is 90.9 Å². The Morgan fingerprint density at radius 3 is 2.27 bits per heavy atom. The number of unbranched alkanes of at least 4 members (excludes halogenated alkanes) is 8. The molecule has 0 saturated carbocycles. The standard InChI is InChI=1S/C19H34O3/c1-3-4-5-6-7-8-9-12-15-18(20)16-13-10-11-14-17(2)19(21)22/h12,15,17H,3-11,13-14,16H2,1-2H3,(H,21,22)/b15-12+. The Morgan fingerprint density at radius 1 is 0.955 bits per heavy atom. The fraction of sp³-hybridized carbons (Fsp3) is 0.789. The molecule has 0 saturated heterocycles. The molecule has 0 aliphatic carbocycles. The van der Waals surface area contributed by atoms with Gasteiger partial charge in [-0.2, -0.15) is 0 Å². The smallest absolute Gasteiger partial charge is 0.306 e. The Bertz CT molecular complexity index is 321. The molecule has 0 bridgehead atoms. The highest BCUT2D eigenvalue weighted by atomic mass is 16.4. The number of hydrogen-bond donors (Lipinski definition) is 1. The van der Waals surface area contributed by atoms with Gasteiger partial charge in [-0.25, -0.2) is 0 Å². The monoisotopic (exact) mass is 310 g/mol. The zero-order valence-electron chi connectivity index (χ0n) is 14.5. The van der Waals surface area contributed by atoms with Crippen LogP contribution in [0.4, 0.5) is 0 Å². The van der Waals surface area contributed by atoms with Crippen molar-refractivity contribution in [1.29, 1.82) is 0 Å². The molecule has 0 aliphatic rings. The summed E-state index contributed by atoms with van der Waals surface area (Å²) < 4.78 is 0. The lowest BCUT2D eigenvalue weighted by atomic mass is 10.0. The SMILES string of the molecule is CCCCCCCC/C=C/C(=O)CCCCCC(C)C(=O)O. The molecule has 0 amide bonds. The average molecular weight is 310 g/mol. The van der Waals surface area contributed by atoms with E-state index in [9.17, 15) is 9.59 Å². The Balaban J connectivity index is 3.41. The van der Waals surface area contributed by atoms with E-state index in [4.69, 9.17) is 5.11 Å². The summed E-state index contributed by atoms with van der Waals surface area (Å²) in [5, 5.41) is 8.76. The fourth-order valence-electron chi connectivity index (χ4n) is 2.39. The third-order valence-corrected chi connectivity index (χ3v) is 4.01. The van der Waals surface area contributed by atoms with Gasteiger partial charge in [-0.3, -0.25) is 9.59 Å². The van der Waals surface area contributed by atoms with Gasteiger partial charge < -0.3 is 5.11 Å². The van der Waals surface area contributed by atoms with E-state index in [1.807, 2.05) is 6.08 Å². The highest BCUT2D eigenvalue weighted by Gasteiger charge is 2.09. The molecule has 0 rings (SSSR count). The zero-order chi connectivity index (χ0) is 16.6. The number of carboxylic acid groups (broad SMARTS) is 1. The summed E-state index contributed by atoms with van der Waals surface area (Å²) >= 11 is 0. The zero-order valence-corrected chi connectivity index (χ0v) is 14.5. The van der Waals surface area contributed by atoms with E-state index in [-0.39, 0.29) is 11.7 Å². The lowest BCUT2D eigenvalue weighted by Gasteiger charge is -2.04. The number of ketones is 1. The Labute approximate surface area is 136 Å². The number of carbonyl (C=O) groups is 2. The van der Waals surface area contributed by atoms with Gasteiger partial charge in [0, 0.05) is 6.42 Å². The minimum atomic E-state index is -0.728. The third kappa shape index (κ3) is 13.8. The van der Waals surface area contributed by atoms with Crippen LogP contribution in [0.2, 0.25) is 0 Å². The molecule has 1 unspecified atom stereocenters. The molecule has 0 aromatic carbocycles. The molecule has 22 heavy (non-hydrogen) atoms. The van der Waals surface area contributed by atoms with Gasteiger partial charge in [0.05, 0.1) is 5.92 Å². The van der Waals surface area contributed by atoms with Gasteiger partial charge in [0.15, 0.2) is 5.78 Å². The van der Waals surface area contributed by atoms with Crippen LogP contribution in [0.15, 0.2) is 12.2 Å². The number of carbonyl (C=O) groups excluding carboxylic acids is 1. The van der Waals surface area contributed by atoms with Crippen LogP contribution in [-0.4, -0.2) is 16.9 Å². The van der Waals surface area contributed by atoms with Crippen LogP contribution in [-0.2, 0) is 9.59 Å². The third-order valence-electron chi connectivity index (χ3n) is 4.01. The number of allylic oxidation sites excluding steroid dienone is 2. The largest absolute Gasteiger partial charge is 0.481 e. The number of carboxylic acids is 1. The summed E-state index contributed by atoms with van der Waals surface area (Å²) in [6.45, 7) is 3.96. The molecule has 3 nitrogen and oxygen atoms in total. The minimum absolute atomic E-state index is 0.206. The van der Waals surface area contributed by atoms with Gasteiger partial charge in [-0.05, 0) is 31.8 Å². The van der Waals surface area contributed by atoms with Crippen LogP contribution in [0.25, 0.3) is 0 Å². The first-order chi connectivity index (χ1) is 10.6. The number of hydrogen-bond acceptors (Lipinski definition) is 2. The number of rotatable bonds is 15. The van der Waals surface area contributed by atoms with Gasteiger partial charge in [-0.1, -0.05) is 64.9 Å².